The second-order valence-corrected chi connectivity index (χ2v) is 7.34. The Morgan fingerprint density at radius 2 is 1.76 bits per heavy atom. The normalized spacial score (nSPS) is 11.8. The van der Waals surface area contributed by atoms with E-state index in [0.29, 0.717) is 27.7 Å². The summed E-state index contributed by atoms with van der Waals surface area (Å²) in [6.45, 7) is 0. The Morgan fingerprint density at radius 1 is 1.03 bits per heavy atom. The van der Waals surface area contributed by atoms with Gasteiger partial charge in [-0.15, -0.1) is 0 Å². The molecule has 0 aliphatic carbocycles. The number of halogens is 2. The lowest BCUT2D eigenvalue weighted by molar-refractivity contribution is -0.138. The van der Waals surface area contributed by atoms with Gasteiger partial charge in [0.25, 0.3) is 0 Å². The number of rotatable bonds is 6. The fraction of sp³-hybridized carbons (Fsp3) is 0.120. The molecule has 6 nitrogen and oxygen atoms in total. The monoisotopic (exact) mass is 451 g/mol. The third-order valence-corrected chi connectivity index (χ3v) is 5.24. The Bertz CT molecular complexity index is 1320. The molecule has 1 N–H and O–H groups in total. The molecule has 0 bridgehead atoms. The number of hydrogen-bond donors (Lipinski definition) is 1. The molecular weight excluding hydrogens is 432 g/mol. The second kappa shape index (κ2) is 9.12. The van der Waals surface area contributed by atoms with Crippen LogP contribution in [0.25, 0.3) is 22.1 Å². The Balaban J connectivity index is 1.74. The van der Waals surface area contributed by atoms with Crippen LogP contribution in [0.15, 0.2) is 77.2 Å². The summed E-state index contributed by atoms with van der Waals surface area (Å²) in [5.74, 6) is -2.19. The van der Waals surface area contributed by atoms with Crippen molar-refractivity contribution < 1.29 is 32.6 Å². The van der Waals surface area contributed by atoms with Crippen molar-refractivity contribution >= 4 is 28.9 Å². The van der Waals surface area contributed by atoms with Gasteiger partial charge >= 0.3 is 12.1 Å². The summed E-state index contributed by atoms with van der Waals surface area (Å²) in [5.41, 5.74) is 1.88. The number of amides is 1. The van der Waals surface area contributed by atoms with Crippen molar-refractivity contribution in [1.29, 1.82) is 0 Å². The lowest BCUT2D eigenvalue weighted by atomic mass is 10.0. The van der Waals surface area contributed by atoms with Gasteiger partial charge in [0.2, 0.25) is 5.88 Å². The third-order valence-electron chi connectivity index (χ3n) is 5.24. The summed E-state index contributed by atoms with van der Waals surface area (Å²) >= 11 is 0. The fourth-order valence-corrected chi connectivity index (χ4v) is 3.61. The summed E-state index contributed by atoms with van der Waals surface area (Å²) in [4.78, 5) is 25.6. The Hall–Kier alpha value is -4.20. The van der Waals surface area contributed by atoms with E-state index >= 15 is 0 Å². The van der Waals surface area contributed by atoms with Crippen LogP contribution < -0.4 is 4.90 Å². The third kappa shape index (κ3) is 4.55. The van der Waals surface area contributed by atoms with E-state index in [1.165, 1.54) is 36.4 Å². The number of ether oxygens (including phenoxy) is 1. The van der Waals surface area contributed by atoms with Gasteiger partial charge < -0.3 is 14.3 Å². The summed E-state index contributed by atoms with van der Waals surface area (Å²) in [5, 5.41) is 10.4. The number of carbonyl (C=O) groups is 2. The van der Waals surface area contributed by atoms with Crippen LogP contribution in [0.2, 0.25) is 0 Å². The number of hydrogen-bond acceptors (Lipinski definition) is 4. The van der Waals surface area contributed by atoms with Crippen molar-refractivity contribution in [3.05, 3.63) is 90.0 Å². The number of nitrogens with zero attached hydrogens (tertiary/aromatic N) is 1. The standard InChI is InChI=1S/C25H19F2NO5/c1-32-25(31)28(21(24(29)30)12-15-6-9-18(26)10-7-15)23-14-17-13-16(8-11-22(17)33-23)19-4-2-3-5-20(19)27/h2-11,13-14,21H,12H2,1H3,(H,29,30)/t21-/m1/s1. The highest BCUT2D eigenvalue weighted by atomic mass is 19.1. The maximum atomic E-state index is 14.2. The lowest BCUT2D eigenvalue weighted by Crippen LogP contribution is -2.46. The molecule has 0 radical (unpaired) electrons. The molecule has 1 amide bonds. The van der Waals surface area contributed by atoms with Gasteiger partial charge in [-0.3, -0.25) is 0 Å². The number of fused-ring (bicyclic) bond motifs is 1. The SMILES string of the molecule is COC(=O)N(c1cc2cc(-c3ccccc3F)ccc2o1)[C@H](Cc1ccc(F)cc1)C(=O)O. The minimum atomic E-state index is -1.38. The molecule has 4 aromatic rings. The molecule has 0 fully saturated rings. The van der Waals surface area contributed by atoms with E-state index in [9.17, 15) is 23.5 Å². The van der Waals surface area contributed by atoms with Gasteiger partial charge in [-0.2, -0.15) is 0 Å². The van der Waals surface area contributed by atoms with E-state index in [4.69, 9.17) is 9.15 Å². The van der Waals surface area contributed by atoms with E-state index in [-0.39, 0.29) is 18.1 Å². The van der Waals surface area contributed by atoms with Crippen LogP contribution >= 0.6 is 0 Å². The van der Waals surface area contributed by atoms with Gasteiger partial charge in [-0.25, -0.2) is 23.3 Å². The predicted octanol–water partition coefficient (Wildman–Crippen LogP) is 5.65. The number of benzene rings is 3. The smallest absolute Gasteiger partial charge is 0.417 e. The second-order valence-electron chi connectivity index (χ2n) is 7.34. The largest absolute Gasteiger partial charge is 0.480 e. The maximum absolute atomic E-state index is 14.2. The first-order valence-corrected chi connectivity index (χ1v) is 10.0. The fourth-order valence-electron chi connectivity index (χ4n) is 3.61. The summed E-state index contributed by atoms with van der Waals surface area (Å²) in [6.07, 6.45) is -1.04. The van der Waals surface area contributed by atoms with Gasteiger partial charge in [0.15, 0.2) is 0 Å². The van der Waals surface area contributed by atoms with Crippen LogP contribution in [0.1, 0.15) is 5.56 Å². The van der Waals surface area contributed by atoms with E-state index in [2.05, 4.69) is 0 Å². The molecule has 8 heteroatoms. The maximum Gasteiger partial charge on any atom is 0.417 e. The van der Waals surface area contributed by atoms with Gasteiger partial charge in [0, 0.05) is 23.4 Å². The first-order valence-electron chi connectivity index (χ1n) is 10.0. The van der Waals surface area contributed by atoms with Gasteiger partial charge in [-0.05, 0) is 41.5 Å². The zero-order valence-electron chi connectivity index (χ0n) is 17.5. The highest BCUT2D eigenvalue weighted by Gasteiger charge is 2.34. The van der Waals surface area contributed by atoms with Crippen molar-refractivity contribution in [3.63, 3.8) is 0 Å². The van der Waals surface area contributed by atoms with Crippen molar-refractivity contribution in [2.24, 2.45) is 0 Å². The van der Waals surface area contributed by atoms with Crippen molar-refractivity contribution in [3.8, 4) is 11.1 Å². The van der Waals surface area contributed by atoms with Crippen molar-refractivity contribution in [1.82, 2.24) is 0 Å². The number of anilines is 1. The molecule has 0 unspecified atom stereocenters. The molecule has 1 atom stereocenters. The molecule has 0 spiro atoms. The van der Waals surface area contributed by atoms with Crippen LogP contribution in [0.4, 0.5) is 19.5 Å². The molecule has 168 valence electrons. The molecule has 0 saturated carbocycles. The number of carboxylic acids is 1. The van der Waals surface area contributed by atoms with E-state index in [0.717, 1.165) is 12.0 Å². The average molecular weight is 451 g/mol. The van der Waals surface area contributed by atoms with E-state index < -0.39 is 23.9 Å². The zero-order chi connectivity index (χ0) is 23.5. The molecule has 1 aromatic heterocycles. The van der Waals surface area contributed by atoms with Crippen molar-refractivity contribution in [2.75, 3.05) is 12.0 Å². The average Bonchev–Trinajstić information content (AvgIpc) is 3.22. The molecule has 0 aliphatic rings. The minimum absolute atomic E-state index is 0.0444. The molecular formula is C25H19F2NO5. The van der Waals surface area contributed by atoms with Crippen LogP contribution in [0.3, 0.4) is 0 Å². The first-order chi connectivity index (χ1) is 15.9. The Labute approximate surface area is 187 Å². The number of carbonyl (C=O) groups excluding carboxylic acids is 1. The molecule has 33 heavy (non-hydrogen) atoms. The molecule has 4 rings (SSSR count). The van der Waals surface area contributed by atoms with Gasteiger partial charge in [-0.1, -0.05) is 36.4 Å². The van der Waals surface area contributed by atoms with Crippen LogP contribution in [0, 0.1) is 11.6 Å². The summed E-state index contributed by atoms with van der Waals surface area (Å²) in [7, 11) is 1.13. The summed E-state index contributed by atoms with van der Waals surface area (Å²) < 4.78 is 38.0. The van der Waals surface area contributed by atoms with Crippen molar-refractivity contribution in [2.45, 2.75) is 12.5 Å². The molecule has 1 heterocycles. The van der Waals surface area contributed by atoms with Gasteiger partial charge in [0.1, 0.15) is 23.3 Å². The Kier molecular flexibility index (Phi) is 6.08. The molecule has 0 saturated heterocycles. The van der Waals surface area contributed by atoms with Crippen LogP contribution in [-0.2, 0) is 16.0 Å². The van der Waals surface area contributed by atoms with Gasteiger partial charge in [0.05, 0.1) is 7.11 Å². The number of methoxy groups -OCH3 is 1. The predicted molar refractivity (Wildman–Crippen MR) is 118 cm³/mol. The zero-order valence-corrected chi connectivity index (χ0v) is 17.5. The number of carboxylic acid groups (broad SMARTS) is 1. The number of aliphatic carboxylic acids is 1. The number of furan rings is 1. The minimum Gasteiger partial charge on any atom is -0.480 e. The van der Waals surface area contributed by atoms with Crippen LogP contribution in [0.5, 0.6) is 0 Å². The van der Waals surface area contributed by atoms with E-state index in [1.807, 2.05) is 0 Å². The highest BCUT2D eigenvalue weighted by molar-refractivity contribution is 5.97. The molecule has 0 aliphatic heterocycles. The lowest BCUT2D eigenvalue weighted by Gasteiger charge is -2.25. The molecule has 3 aromatic carbocycles. The van der Waals surface area contributed by atoms with Crippen LogP contribution in [-0.4, -0.2) is 30.3 Å². The Morgan fingerprint density at radius 3 is 2.42 bits per heavy atom. The van der Waals surface area contributed by atoms with E-state index in [1.54, 1.807) is 36.4 Å². The topological polar surface area (TPSA) is 80.0 Å². The quantitative estimate of drug-likeness (QED) is 0.410. The highest BCUT2D eigenvalue weighted by Crippen LogP contribution is 2.33. The summed E-state index contributed by atoms with van der Waals surface area (Å²) in [6, 6.07) is 16.7. The first kappa shape index (κ1) is 22.0.